The van der Waals surface area contributed by atoms with E-state index in [1.165, 1.54) is 16.5 Å². The number of hydrogen-bond donors (Lipinski definition) is 1. The summed E-state index contributed by atoms with van der Waals surface area (Å²) in [4.78, 5) is 0. The molecule has 3 aromatic rings. The summed E-state index contributed by atoms with van der Waals surface area (Å²) in [7, 11) is 0. The Hall–Kier alpha value is -2.28. The second-order valence-corrected chi connectivity index (χ2v) is 4.56. The van der Waals surface area contributed by atoms with Gasteiger partial charge in [0.2, 0.25) is 0 Å². The van der Waals surface area contributed by atoms with Gasteiger partial charge in [0.25, 0.3) is 0 Å². The van der Waals surface area contributed by atoms with Crippen molar-refractivity contribution in [2.75, 3.05) is 5.73 Å². The molecule has 0 atom stereocenters. The molecule has 1 nitrogen and oxygen atoms in total. The lowest BCUT2D eigenvalue weighted by atomic mass is 9.96. The predicted octanol–water partition coefficient (Wildman–Crippen LogP) is 4.40. The Bertz CT molecular complexity index is 714. The number of nitrogen functional groups attached to an aromatic ring is 1. The number of aryl methyl sites for hydroxylation is 1. The molecule has 0 aliphatic heterocycles. The summed E-state index contributed by atoms with van der Waals surface area (Å²) in [6.07, 6.45) is 0. The fourth-order valence-electron chi connectivity index (χ4n) is 2.41. The van der Waals surface area contributed by atoms with Crippen LogP contribution < -0.4 is 5.73 Å². The van der Waals surface area contributed by atoms with Gasteiger partial charge in [-0.3, -0.25) is 0 Å². The van der Waals surface area contributed by atoms with E-state index in [9.17, 15) is 0 Å². The SMILES string of the molecule is Cc1ccccc1-c1ccc2ccccc2c1N. The number of nitrogens with two attached hydrogens (primary N) is 1. The van der Waals surface area contributed by atoms with E-state index in [-0.39, 0.29) is 0 Å². The van der Waals surface area contributed by atoms with Crippen LogP contribution in [0, 0.1) is 6.92 Å². The van der Waals surface area contributed by atoms with Gasteiger partial charge >= 0.3 is 0 Å². The van der Waals surface area contributed by atoms with Crippen molar-refractivity contribution in [1.82, 2.24) is 0 Å². The molecule has 0 radical (unpaired) electrons. The Morgan fingerprint density at radius 3 is 2.28 bits per heavy atom. The fraction of sp³-hybridized carbons (Fsp3) is 0.0588. The van der Waals surface area contributed by atoms with Gasteiger partial charge in [-0.05, 0) is 23.4 Å². The van der Waals surface area contributed by atoms with Gasteiger partial charge in [0.05, 0.1) is 0 Å². The van der Waals surface area contributed by atoms with E-state index in [0.717, 1.165) is 16.6 Å². The van der Waals surface area contributed by atoms with Gasteiger partial charge in [-0.1, -0.05) is 60.7 Å². The third-order valence-electron chi connectivity index (χ3n) is 3.41. The molecule has 3 rings (SSSR count). The van der Waals surface area contributed by atoms with E-state index in [1.807, 2.05) is 12.1 Å². The first-order chi connectivity index (χ1) is 8.77. The van der Waals surface area contributed by atoms with E-state index < -0.39 is 0 Å². The van der Waals surface area contributed by atoms with Crippen molar-refractivity contribution in [1.29, 1.82) is 0 Å². The molecule has 0 aliphatic carbocycles. The van der Waals surface area contributed by atoms with Crippen LogP contribution in [0.1, 0.15) is 5.56 Å². The Labute approximate surface area is 107 Å². The zero-order valence-corrected chi connectivity index (χ0v) is 10.4. The summed E-state index contributed by atoms with van der Waals surface area (Å²) >= 11 is 0. The number of fused-ring (bicyclic) bond motifs is 1. The van der Waals surface area contributed by atoms with Crippen LogP contribution in [0.15, 0.2) is 60.7 Å². The topological polar surface area (TPSA) is 26.0 Å². The number of hydrogen-bond acceptors (Lipinski definition) is 1. The molecule has 18 heavy (non-hydrogen) atoms. The summed E-state index contributed by atoms with van der Waals surface area (Å²) in [6, 6.07) is 20.8. The van der Waals surface area contributed by atoms with E-state index in [0.29, 0.717) is 0 Å². The highest BCUT2D eigenvalue weighted by atomic mass is 14.6. The van der Waals surface area contributed by atoms with Crippen LogP contribution in [0.2, 0.25) is 0 Å². The number of rotatable bonds is 1. The van der Waals surface area contributed by atoms with E-state index in [1.54, 1.807) is 0 Å². The van der Waals surface area contributed by atoms with Crippen LogP contribution in [0.5, 0.6) is 0 Å². The number of benzene rings is 3. The molecule has 0 unspecified atom stereocenters. The highest BCUT2D eigenvalue weighted by Crippen LogP contribution is 2.33. The lowest BCUT2D eigenvalue weighted by molar-refractivity contribution is 1.46. The Balaban J connectivity index is 2.31. The van der Waals surface area contributed by atoms with Gasteiger partial charge in [-0.25, -0.2) is 0 Å². The summed E-state index contributed by atoms with van der Waals surface area (Å²) in [6.45, 7) is 2.12. The van der Waals surface area contributed by atoms with Gasteiger partial charge in [-0.2, -0.15) is 0 Å². The largest absolute Gasteiger partial charge is 0.398 e. The smallest absolute Gasteiger partial charge is 0.0473 e. The van der Waals surface area contributed by atoms with Crippen molar-refractivity contribution in [3.63, 3.8) is 0 Å². The first kappa shape index (κ1) is 10.8. The molecular weight excluding hydrogens is 218 g/mol. The van der Waals surface area contributed by atoms with Crippen LogP contribution >= 0.6 is 0 Å². The lowest BCUT2D eigenvalue weighted by Gasteiger charge is -2.11. The third kappa shape index (κ3) is 1.65. The molecule has 0 fully saturated rings. The average Bonchev–Trinajstić information content (AvgIpc) is 2.41. The monoisotopic (exact) mass is 233 g/mol. The fourth-order valence-corrected chi connectivity index (χ4v) is 2.41. The standard InChI is InChI=1S/C17H15N/c1-12-6-2-4-8-14(12)16-11-10-13-7-3-5-9-15(13)17(16)18/h2-11H,18H2,1H3. The zero-order valence-electron chi connectivity index (χ0n) is 10.4. The van der Waals surface area contributed by atoms with Crippen LogP contribution in [0.25, 0.3) is 21.9 Å². The summed E-state index contributed by atoms with van der Waals surface area (Å²) in [5.41, 5.74) is 10.8. The van der Waals surface area contributed by atoms with Crippen LogP contribution in [-0.4, -0.2) is 0 Å². The summed E-state index contributed by atoms with van der Waals surface area (Å²) < 4.78 is 0. The first-order valence-corrected chi connectivity index (χ1v) is 6.10. The molecule has 0 saturated heterocycles. The van der Waals surface area contributed by atoms with E-state index >= 15 is 0 Å². The molecule has 0 heterocycles. The minimum Gasteiger partial charge on any atom is -0.398 e. The number of anilines is 1. The molecule has 0 aromatic heterocycles. The van der Waals surface area contributed by atoms with Crippen LogP contribution in [-0.2, 0) is 0 Å². The van der Waals surface area contributed by atoms with E-state index in [4.69, 9.17) is 5.73 Å². The lowest BCUT2D eigenvalue weighted by Crippen LogP contribution is -1.93. The zero-order chi connectivity index (χ0) is 12.5. The molecule has 0 amide bonds. The quantitative estimate of drug-likeness (QED) is 0.619. The maximum absolute atomic E-state index is 6.32. The van der Waals surface area contributed by atoms with Crippen molar-refractivity contribution in [3.8, 4) is 11.1 Å². The predicted molar refractivity (Wildman–Crippen MR) is 78.5 cm³/mol. The third-order valence-corrected chi connectivity index (χ3v) is 3.41. The van der Waals surface area contributed by atoms with Gasteiger partial charge in [-0.15, -0.1) is 0 Å². The van der Waals surface area contributed by atoms with Crippen LogP contribution in [0.3, 0.4) is 0 Å². The molecule has 1 heteroatoms. The van der Waals surface area contributed by atoms with Crippen LogP contribution in [0.4, 0.5) is 5.69 Å². The minimum absolute atomic E-state index is 0.863. The van der Waals surface area contributed by atoms with Crippen molar-refractivity contribution in [2.24, 2.45) is 0 Å². The van der Waals surface area contributed by atoms with Crippen molar-refractivity contribution < 1.29 is 0 Å². The highest BCUT2D eigenvalue weighted by molar-refractivity contribution is 6.00. The summed E-state index contributed by atoms with van der Waals surface area (Å²) in [5.74, 6) is 0. The van der Waals surface area contributed by atoms with Gasteiger partial charge < -0.3 is 5.73 Å². The molecule has 3 aromatic carbocycles. The van der Waals surface area contributed by atoms with Crippen molar-refractivity contribution in [2.45, 2.75) is 6.92 Å². The maximum Gasteiger partial charge on any atom is 0.0473 e. The average molecular weight is 233 g/mol. The second kappa shape index (κ2) is 4.19. The second-order valence-electron chi connectivity index (χ2n) is 4.56. The van der Waals surface area contributed by atoms with Gasteiger partial charge in [0.15, 0.2) is 0 Å². The molecule has 88 valence electrons. The van der Waals surface area contributed by atoms with E-state index in [2.05, 4.69) is 55.5 Å². The Kier molecular flexibility index (Phi) is 2.52. The molecular formula is C17H15N. The molecule has 2 N–H and O–H groups in total. The minimum atomic E-state index is 0.863. The maximum atomic E-state index is 6.32. The normalized spacial score (nSPS) is 10.7. The molecule has 0 bridgehead atoms. The Morgan fingerprint density at radius 2 is 1.44 bits per heavy atom. The van der Waals surface area contributed by atoms with Gasteiger partial charge in [0, 0.05) is 16.6 Å². The van der Waals surface area contributed by atoms with Gasteiger partial charge in [0.1, 0.15) is 0 Å². The highest BCUT2D eigenvalue weighted by Gasteiger charge is 2.07. The first-order valence-electron chi connectivity index (χ1n) is 6.10. The van der Waals surface area contributed by atoms with Crippen molar-refractivity contribution >= 4 is 16.5 Å². The molecule has 0 spiro atoms. The van der Waals surface area contributed by atoms with Crippen molar-refractivity contribution in [3.05, 3.63) is 66.2 Å². The summed E-state index contributed by atoms with van der Waals surface area (Å²) in [5, 5.41) is 2.31. The molecule has 0 saturated carbocycles. The molecule has 0 aliphatic rings. The Morgan fingerprint density at radius 1 is 0.722 bits per heavy atom.